The molecule has 0 aliphatic heterocycles. The van der Waals surface area contributed by atoms with Crippen molar-refractivity contribution in [3.8, 4) is 0 Å². The van der Waals surface area contributed by atoms with Crippen molar-refractivity contribution in [3.63, 3.8) is 0 Å². The highest BCUT2D eigenvalue weighted by Crippen LogP contribution is 2.29. The van der Waals surface area contributed by atoms with E-state index < -0.39 is 11.7 Å². The van der Waals surface area contributed by atoms with Crippen molar-refractivity contribution in [3.05, 3.63) is 70.2 Å². The maximum Gasteiger partial charge on any atom is 0.416 e. The lowest BCUT2D eigenvalue weighted by Crippen LogP contribution is -2.13. The van der Waals surface area contributed by atoms with Crippen LogP contribution < -0.4 is 5.32 Å². The first kappa shape index (κ1) is 14.9. The molecule has 0 spiro atoms. The molecule has 5 heteroatoms. The van der Waals surface area contributed by atoms with E-state index in [2.05, 4.69) is 5.32 Å². The highest BCUT2D eigenvalue weighted by molar-refractivity contribution is 6.30. The van der Waals surface area contributed by atoms with Gasteiger partial charge in [0.05, 0.1) is 5.56 Å². The van der Waals surface area contributed by atoms with Crippen LogP contribution in [0.25, 0.3) is 0 Å². The van der Waals surface area contributed by atoms with E-state index in [4.69, 9.17) is 11.6 Å². The third kappa shape index (κ3) is 4.25. The van der Waals surface area contributed by atoms with Crippen molar-refractivity contribution in [2.24, 2.45) is 0 Å². The van der Waals surface area contributed by atoms with Gasteiger partial charge in [-0.3, -0.25) is 0 Å². The van der Waals surface area contributed by atoms with E-state index in [1.165, 1.54) is 6.07 Å². The number of benzene rings is 2. The van der Waals surface area contributed by atoms with Crippen molar-refractivity contribution < 1.29 is 13.2 Å². The monoisotopic (exact) mass is 299 g/mol. The summed E-state index contributed by atoms with van der Waals surface area (Å²) in [4.78, 5) is 0. The van der Waals surface area contributed by atoms with Gasteiger partial charge in [-0.15, -0.1) is 0 Å². The Labute approximate surface area is 120 Å². The molecule has 0 fully saturated rings. The first-order valence-corrected chi connectivity index (χ1v) is 6.44. The molecule has 0 atom stereocenters. The molecular formula is C15H13ClF3N. The summed E-state index contributed by atoms with van der Waals surface area (Å²) in [6, 6.07) is 12.6. The molecule has 0 saturated heterocycles. The highest BCUT2D eigenvalue weighted by Gasteiger charge is 2.30. The summed E-state index contributed by atoms with van der Waals surface area (Å²) in [5.74, 6) is 0. The van der Waals surface area contributed by atoms with Crippen LogP contribution in [0.3, 0.4) is 0 Å². The lowest BCUT2D eigenvalue weighted by molar-refractivity contribution is -0.137. The molecule has 2 aromatic rings. The number of hydrogen-bond acceptors (Lipinski definition) is 1. The van der Waals surface area contributed by atoms with Gasteiger partial charge < -0.3 is 5.32 Å². The van der Waals surface area contributed by atoms with Crippen molar-refractivity contribution in [1.29, 1.82) is 0 Å². The second-order valence-corrected chi connectivity index (χ2v) is 4.86. The average Bonchev–Trinajstić information content (AvgIpc) is 2.40. The first-order valence-electron chi connectivity index (χ1n) is 6.06. The fourth-order valence-corrected chi connectivity index (χ4v) is 1.94. The molecule has 20 heavy (non-hydrogen) atoms. The maximum atomic E-state index is 12.6. The van der Waals surface area contributed by atoms with Crippen LogP contribution in [0.2, 0.25) is 5.02 Å². The quantitative estimate of drug-likeness (QED) is 0.866. The van der Waals surface area contributed by atoms with Gasteiger partial charge in [-0.2, -0.15) is 13.2 Å². The molecular weight excluding hydrogens is 287 g/mol. The van der Waals surface area contributed by atoms with Gasteiger partial charge in [0.25, 0.3) is 0 Å². The van der Waals surface area contributed by atoms with Crippen molar-refractivity contribution in [1.82, 2.24) is 5.32 Å². The number of nitrogens with one attached hydrogen (secondary N) is 1. The van der Waals surface area contributed by atoms with Crippen molar-refractivity contribution >= 4 is 11.6 Å². The molecule has 0 aliphatic rings. The Morgan fingerprint density at radius 1 is 0.900 bits per heavy atom. The molecule has 0 radical (unpaired) electrons. The standard InChI is InChI=1S/C15H13ClF3N/c16-14-6-4-11(5-7-14)9-20-10-12-2-1-3-13(8-12)15(17,18)19/h1-8,20H,9-10H2. The third-order valence-electron chi connectivity index (χ3n) is 2.83. The second-order valence-electron chi connectivity index (χ2n) is 4.43. The van der Waals surface area contributed by atoms with Crippen LogP contribution in [0.1, 0.15) is 16.7 Å². The minimum absolute atomic E-state index is 0.381. The second kappa shape index (κ2) is 6.29. The van der Waals surface area contributed by atoms with Gasteiger partial charge in [0.1, 0.15) is 0 Å². The Kier molecular flexibility index (Phi) is 4.68. The van der Waals surface area contributed by atoms with Gasteiger partial charge in [-0.1, -0.05) is 41.9 Å². The zero-order valence-electron chi connectivity index (χ0n) is 10.5. The normalized spacial score (nSPS) is 11.6. The molecule has 0 saturated carbocycles. The van der Waals surface area contributed by atoms with Crippen molar-refractivity contribution in [2.75, 3.05) is 0 Å². The molecule has 0 unspecified atom stereocenters. The van der Waals surface area contributed by atoms with E-state index in [9.17, 15) is 13.2 Å². The SMILES string of the molecule is FC(F)(F)c1cccc(CNCc2ccc(Cl)cc2)c1. The van der Waals surface area contributed by atoms with Crippen LogP contribution in [0.5, 0.6) is 0 Å². The highest BCUT2D eigenvalue weighted by atomic mass is 35.5. The summed E-state index contributed by atoms with van der Waals surface area (Å²) in [5, 5.41) is 3.76. The van der Waals surface area contributed by atoms with E-state index in [-0.39, 0.29) is 0 Å². The Hall–Kier alpha value is -1.52. The summed E-state index contributed by atoms with van der Waals surface area (Å²) < 4.78 is 37.7. The fraction of sp³-hybridized carbons (Fsp3) is 0.200. The van der Waals surface area contributed by atoms with Crippen molar-refractivity contribution in [2.45, 2.75) is 19.3 Å². The predicted octanol–water partition coefficient (Wildman–Crippen LogP) is 4.65. The Morgan fingerprint density at radius 3 is 2.20 bits per heavy atom. The predicted molar refractivity (Wildman–Crippen MR) is 73.4 cm³/mol. The average molecular weight is 300 g/mol. The van der Waals surface area contributed by atoms with Crippen LogP contribution in [0.4, 0.5) is 13.2 Å². The Bertz CT molecular complexity index is 564. The largest absolute Gasteiger partial charge is 0.416 e. The molecule has 2 aromatic carbocycles. The molecule has 0 bridgehead atoms. The molecule has 106 valence electrons. The van der Waals surface area contributed by atoms with Gasteiger partial charge >= 0.3 is 6.18 Å². The molecule has 2 rings (SSSR count). The number of hydrogen-bond donors (Lipinski definition) is 1. The van der Waals surface area contributed by atoms with Crippen LogP contribution in [-0.4, -0.2) is 0 Å². The molecule has 1 nitrogen and oxygen atoms in total. The van der Waals surface area contributed by atoms with E-state index >= 15 is 0 Å². The topological polar surface area (TPSA) is 12.0 Å². The van der Waals surface area contributed by atoms with E-state index in [0.29, 0.717) is 23.7 Å². The maximum absolute atomic E-state index is 12.6. The van der Waals surface area contributed by atoms with E-state index in [1.807, 2.05) is 12.1 Å². The lowest BCUT2D eigenvalue weighted by Gasteiger charge is -2.09. The molecule has 0 heterocycles. The number of halogens is 4. The van der Waals surface area contributed by atoms with Gasteiger partial charge in [0, 0.05) is 18.1 Å². The Balaban J connectivity index is 1.93. The van der Waals surface area contributed by atoms with Crippen LogP contribution in [0, 0.1) is 0 Å². The molecule has 0 amide bonds. The number of rotatable bonds is 4. The third-order valence-corrected chi connectivity index (χ3v) is 3.08. The number of alkyl halides is 3. The minimum Gasteiger partial charge on any atom is -0.309 e. The van der Waals surface area contributed by atoms with Gasteiger partial charge in [-0.05, 0) is 29.3 Å². The van der Waals surface area contributed by atoms with Crippen LogP contribution in [-0.2, 0) is 19.3 Å². The summed E-state index contributed by atoms with van der Waals surface area (Å²) in [5.41, 5.74) is 1.01. The van der Waals surface area contributed by atoms with Gasteiger partial charge in [0.2, 0.25) is 0 Å². The zero-order valence-corrected chi connectivity index (χ0v) is 11.3. The first-order chi connectivity index (χ1) is 9.45. The van der Waals surface area contributed by atoms with Gasteiger partial charge in [0.15, 0.2) is 0 Å². The van der Waals surface area contributed by atoms with Crippen LogP contribution >= 0.6 is 11.6 Å². The van der Waals surface area contributed by atoms with E-state index in [1.54, 1.807) is 18.2 Å². The fourth-order valence-electron chi connectivity index (χ4n) is 1.81. The lowest BCUT2D eigenvalue weighted by atomic mass is 10.1. The molecule has 0 aromatic heterocycles. The summed E-state index contributed by atoms with van der Waals surface area (Å²) in [7, 11) is 0. The Morgan fingerprint density at radius 2 is 1.55 bits per heavy atom. The van der Waals surface area contributed by atoms with Gasteiger partial charge in [-0.25, -0.2) is 0 Å². The van der Waals surface area contributed by atoms with E-state index in [0.717, 1.165) is 17.7 Å². The minimum atomic E-state index is -4.30. The van der Waals surface area contributed by atoms with Crippen LogP contribution in [0.15, 0.2) is 48.5 Å². The summed E-state index contributed by atoms with van der Waals surface area (Å²) in [6.45, 7) is 0.958. The zero-order chi connectivity index (χ0) is 14.6. The smallest absolute Gasteiger partial charge is 0.309 e. The summed E-state index contributed by atoms with van der Waals surface area (Å²) >= 11 is 5.77. The molecule has 0 aliphatic carbocycles. The molecule has 1 N–H and O–H groups in total. The summed E-state index contributed by atoms with van der Waals surface area (Å²) in [6.07, 6.45) is -4.30.